The first-order valence-electron chi connectivity index (χ1n) is 10.7. The zero-order valence-electron chi connectivity index (χ0n) is 18.8. The molecule has 0 aromatic rings. The fourth-order valence-electron chi connectivity index (χ4n) is 3.02. The molecule has 0 saturated carbocycles. The van der Waals surface area contributed by atoms with Crippen LogP contribution in [-0.2, 0) is 28.7 Å². The number of fused-ring (bicyclic) bond motifs is 7. The van der Waals surface area contributed by atoms with Crippen molar-refractivity contribution in [3.63, 3.8) is 0 Å². The lowest BCUT2D eigenvalue weighted by molar-refractivity contribution is -0.148. The topological polar surface area (TPSA) is 143 Å². The molecule has 2 heterocycles. The maximum Gasteiger partial charge on any atom is 0.326 e. The molecule has 0 aromatic heterocycles. The first-order chi connectivity index (χ1) is 15.7. The van der Waals surface area contributed by atoms with Crippen molar-refractivity contribution in [3.8, 4) is 0 Å². The molecule has 10 nitrogen and oxygen atoms in total. The van der Waals surface area contributed by atoms with Crippen molar-refractivity contribution in [3.05, 3.63) is 23.9 Å². The maximum atomic E-state index is 13.0. The fraction of sp³-hybridized carbons (Fsp3) is 0.571. The molecule has 1 saturated heterocycles. The van der Waals surface area contributed by atoms with Gasteiger partial charge < -0.3 is 26.0 Å². The Morgan fingerprint density at radius 1 is 1.09 bits per heavy atom. The first-order valence-corrected chi connectivity index (χ1v) is 13.2. The second-order valence-electron chi connectivity index (χ2n) is 7.78. The van der Waals surface area contributed by atoms with E-state index in [1.54, 1.807) is 26.8 Å². The average molecular weight is 499 g/mol. The lowest BCUT2D eigenvalue weighted by Crippen LogP contribution is -2.56. The van der Waals surface area contributed by atoms with Crippen LogP contribution in [0.4, 0.5) is 0 Å². The van der Waals surface area contributed by atoms with Crippen LogP contribution in [0.1, 0.15) is 33.6 Å². The van der Waals surface area contributed by atoms with Crippen molar-refractivity contribution in [2.24, 2.45) is 5.92 Å². The van der Waals surface area contributed by atoms with E-state index in [-0.39, 0.29) is 23.8 Å². The zero-order chi connectivity index (χ0) is 24.4. The molecule has 0 radical (unpaired) electrons. The van der Waals surface area contributed by atoms with Crippen molar-refractivity contribution < 1.29 is 28.7 Å². The van der Waals surface area contributed by atoms with Gasteiger partial charge in [0.1, 0.15) is 30.4 Å². The highest BCUT2D eigenvalue weighted by molar-refractivity contribution is 8.76. The predicted molar refractivity (Wildman–Crippen MR) is 127 cm³/mol. The molecule has 1 fully saturated rings. The van der Waals surface area contributed by atoms with Gasteiger partial charge in [-0.05, 0) is 25.3 Å². The molecule has 2 aliphatic heterocycles. The summed E-state index contributed by atoms with van der Waals surface area (Å²) in [5.74, 6) is -2.25. The van der Waals surface area contributed by atoms with Gasteiger partial charge in [0.05, 0.1) is 6.42 Å². The van der Waals surface area contributed by atoms with Gasteiger partial charge in [-0.25, -0.2) is 0 Å². The first kappa shape index (κ1) is 26.8. The lowest BCUT2D eigenvalue weighted by Gasteiger charge is -2.26. The van der Waals surface area contributed by atoms with E-state index in [0.29, 0.717) is 12.2 Å². The van der Waals surface area contributed by atoms with E-state index in [2.05, 4.69) is 21.3 Å². The minimum absolute atomic E-state index is 0.0497. The Kier molecular flexibility index (Phi) is 10.8. The monoisotopic (exact) mass is 498 g/mol. The van der Waals surface area contributed by atoms with E-state index in [4.69, 9.17) is 4.74 Å². The molecule has 4 N–H and O–H groups in total. The largest absolute Gasteiger partial charge is 0.456 e. The van der Waals surface area contributed by atoms with Crippen LogP contribution < -0.4 is 21.3 Å². The summed E-state index contributed by atoms with van der Waals surface area (Å²) in [5, 5.41) is 10.3. The van der Waals surface area contributed by atoms with Crippen molar-refractivity contribution in [1.29, 1.82) is 0 Å². The maximum absolute atomic E-state index is 13.0. The highest BCUT2D eigenvalue weighted by Crippen LogP contribution is 2.23. The molecule has 0 spiro atoms. The molecule has 12 heteroatoms. The van der Waals surface area contributed by atoms with Gasteiger partial charge in [0.15, 0.2) is 0 Å². The SMILES string of the molecule is C/C=C1\NC(=O)[C@H]2CSSCC/C=C/[C@@H](CC(=O)N[C@H](C(C)C)C(=O)N2)OC(=O)CNC1=O. The number of esters is 1. The molecule has 3 atom stereocenters. The molecule has 0 aliphatic carbocycles. The molecule has 4 amide bonds. The molecule has 2 aliphatic rings. The third-order valence-corrected chi connectivity index (χ3v) is 7.24. The summed E-state index contributed by atoms with van der Waals surface area (Å²) in [4.78, 5) is 63.3. The summed E-state index contributed by atoms with van der Waals surface area (Å²) in [7, 11) is 2.94. The van der Waals surface area contributed by atoms with E-state index < -0.39 is 54.3 Å². The number of carbonyl (C=O) groups is 5. The van der Waals surface area contributed by atoms with Crippen LogP contribution in [-0.4, -0.2) is 65.8 Å². The third-order valence-electron chi connectivity index (χ3n) is 4.79. The number of amides is 4. The number of ether oxygens (including phenoxy) is 1. The van der Waals surface area contributed by atoms with Gasteiger partial charge in [-0.1, -0.05) is 47.6 Å². The smallest absolute Gasteiger partial charge is 0.326 e. The molecular formula is C21H30N4O6S2. The number of allylic oxidation sites excluding steroid dienone is 2. The lowest BCUT2D eigenvalue weighted by atomic mass is 10.0. The van der Waals surface area contributed by atoms with Crippen LogP contribution in [0.15, 0.2) is 23.9 Å². The second kappa shape index (κ2) is 13.3. The predicted octanol–water partition coefficient (Wildman–Crippen LogP) is 0.405. The second-order valence-corrected chi connectivity index (χ2v) is 10.4. The summed E-state index contributed by atoms with van der Waals surface area (Å²) >= 11 is 0. The van der Waals surface area contributed by atoms with Crippen LogP contribution in [0.3, 0.4) is 0 Å². The van der Waals surface area contributed by atoms with Gasteiger partial charge in [0.2, 0.25) is 17.7 Å². The minimum Gasteiger partial charge on any atom is -0.456 e. The number of nitrogens with one attached hydrogen (secondary N) is 4. The van der Waals surface area contributed by atoms with Crippen LogP contribution in [0.2, 0.25) is 0 Å². The number of carbonyl (C=O) groups excluding carboxylic acids is 5. The molecular weight excluding hydrogens is 468 g/mol. The van der Waals surface area contributed by atoms with E-state index >= 15 is 0 Å². The number of rotatable bonds is 1. The Bertz CT molecular complexity index is 830. The quantitative estimate of drug-likeness (QED) is 0.176. The number of hydrogen-bond acceptors (Lipinski definition) is 8. The van der Waals surface area contributed by atoms with E-state index in [9.17, 15) is 24.0 Å². The van der Waals surface area contributed by atoms with E-state index in [1.807, 2.05) is 6.08 Å². The van der Waals surface area contributed by atoms with Crippen LogP contribution in [0.5, 0.6) is 0 Å². The Balaban J connectivity index is 2.45. The van der Waals surface area contributed by atoms with Crippen molar-refractivity contribution in [1.82, 2.24) is 21.3 Å². The van der Waals surface area contributed by atoms with Gasteiger partial charge in [-0.3, -0.25) is 24.0 Å². The van der Waals surface area contributed by atoms with Crippen molar-refractivity contribution in [2.75, 3.05) is 18.1 Å². The standard InChI is InChI=1S/C21H30N4O6S2/c1-4-14-19(28)22-10-17(27)31-13-7-5-6-8-32-33-11-15(20(29)23-14)24-21(30)18(12(2)3)25-16(26)9-13/h4-5,7,12-13,15,18H,6,8-11H2,1-3H3,(H,22,28)(H,23,29)(H,24,30)(H,25,26)/b7-5+,14-4-/t13-,15+,18+/m0/s1. The van der Waals surface area contributed by atoms with Gasteiger partial charge in [0.25, 0.3) is 5.91 Å². The summed E-state index contributed by atoms with van der Waals surface area (Å²) in [6, 6.07) is -1.84. The zero-order valence-corrected chi connectivity index (χ0v) is 20.5. The molecule has 0 unspecified atom stereocenters. The van der Waals surface area contributed by atoms with Gasteiger partial charge in [-0.2, -0.15) is 0 Å². The molecule has 33 heavy (non-hydrogen) atoms. The summed E-state index contributed by atoms with van der Waals surface area (Å²) in [6.45, 7) is 4.68. The molecule has 0 aromatic carbocycles. The highest BCUT2D eigenvalue weighted by Gasteiger charge is 2.31. The Morgan fingerprint density at radius 3 is 2.55 bits per heavy atom. The van der Waals surface area contributed by atoms with E-state index in [0.717, 1.165) is 0 Å². The molecule has 2 rings (SSSR count). The van der Waals surface area contributed by atoms with Gasteiger partial charge >= 0.3 is 5.97 Å². The molecule has 182 valence electrons. The van der Waals surface area contributed by atoms with Crippen LogP contribution >= 0.6 is 21.6 Å². The van der Waals surface area contributed by atoms with Crippen molar-refractivity contribution >= 4 is 51.2 Å². The third kappa shape index (κ3) is 8.77. The van der Waals surface area contributed by atoms with Crippen LogP contribution in [0, 0.1) is 5.92 Å². The minimum atomic E-state index is -0.942. The average Bonchev–Trinajstić information content (AvgIpc) is 2.76. The molecule has 2 bridgehead atoms. The Labute approximate surface area is 200 Å². The summed E-state index contributed by atoms with van der Waals surface area (Å²) < 4.78 is 5.38. The fourth-order valence-corrected chi connectivity index (χ4v) is 5.18. The highest BCUT2D eigenvalue weighted by atomic mass is 33.1. The van der Waals surface area contributed by atoms with Gasteiger partial charge in [-0.15, -0.1) is 0 Å². The van der Waals surface area contributed by atoms with Crippen LogP contribution in [0.25, 0.3) is 0 Å². The summed E-state index contributed by atoms with van der Waals surface area (Å²) in [5.41, 5.74) is -0.0497. The summed E-state index contributed by atoms with van der Waals surface area (Å²) in [6.07, 6.45) is 4.48. The normalized spacial score (nSPS) is 28.8. The van der Waals surface area contributed by atoms with E-state index in [1.165, 1.54) is 27.7 Å². The Hall–Kier alpha value is -2.47. The van der Waals surface area contributed by atoms with Crippen molar-refractivity contribution in [2.45, 2.75) is 51.8 Å². The number of hydrogen-bond donors (Lipinski definition) is 4. The van der Waals surface area contributed by atoms with Gasteiger partial charge in [0, 0.05) is 11.5 Å². The Morgan fingerprint density at radius 2 is 1.85 bits per heavy atom.